The fourth-order valence-electron chi connectivity index (χ4n) is 3.42. The first kappa shape index (κ1) is 11.5. The molecule has 2 saturated heterocycles. The molecule has 1 aromatic carbocycles. The number of hydrogen-bond donors (Lipinski definition) is 1. The Morgan fingerprint density at radius 2 is 1.65 bits per heavy atom. The van der Waals surface area contributed by atoms with Crippen molar-refractivity contribution in [3.63, 3.8) is 0 Å². The van der Waals surface area contributed by atoms with Gasteiger partial charge < -0.3 is 0 Å². The number of anilines is 1. The van der Waals surface area contributed by atoms with E-state index in [1.54, 1.807) is 30.3 Å². The number of para-hydroxylation sites is 1. The molecule has 2 amide bonds. The molecule has 5 nitrogen and oxygen atoms in total. The number of imide groups is 1. The second kappa shape index (κ2) is 3.86. The summed E-state index contributed by atoms with van der Waals surface area (Å²) in [5.74, 6) is -1.65. The molecule has 2 fully saturated rings. The van der Waals surface area contributed by atoms with E-state index in [-0.39, 0.29) is 23.6 Å². The Kier molecular flexibility index (Phi) is 2.23. The fourth-order valence-corrected chi connectivity index (χ4v) is 3.42. The minimum atomic E-state index is -0.574. The van der Waals surface area contributed by atoms with Crippen molar-refractivity contribution in [1.82, 2.24) is 5.32 Å². The summed E-state index contributed by atoms with van der Waals surface area (Å²) in [6.45, 7) is 0. The van der Waals surface area contributed by atoms with E-state index in [0.717, 1.165) is 0 Å². The summed E-state index contributed by atoms with van der Waals surface area (Å²) in [6, 6.07) is 8.10. The molecule has 0 saturated carbocycles. The van der Waals surface area contributed by atoms with Crippen molar-refractivity contribution in [3.05, 3.63) is 42.5 Å². The maximum Gasteiger partial charge on any atom is 0.239 e. The van der Waals surface area contributed by atoms with Gasteiger partial charge >= 0.3 is 0 Å². The zero-order valence-corrected chi connectivity index (χ0v) is 10.5. The number of carbonyl (C=O) groups is 3. The molecule has 5 heteroatoms. The molecular formula is C15H12N2O3. The lowest BCUT2D eigenvalue weighted by Gasteiger charge is -2.22. The van der Waals surface area contributed by atoms with Gasteiger partial charge in [0, 0.05) is 6.04 Å². The molecule has 3 aliphatic rings. The largest absolute Gasteiger partial charge is 0.299 e. The van der Waals surface area contributed by atoms with Crippen LogP contribution in [-0.2, 0) is 14.4 Å². The average Bonchev–Trinajstić information content (AvgIpc) is 2.91. The first-order valence-electron chi connectivity index (χ1n) is 6.59. The van der Waals surface area contributed by atoms with Crippen molar-refractivity contribution < 1.29 is 14.4 Å². The van der Waals surface area contributed by atoms with E-state index < -0.39 is 17.9 Å². The molecule has 3 heterocycles. The van der Waals surface area contributed by atoms with Crippen molar-refractivity contribution in [2.75, 3.05) is 4.90 Å². The molecule has 1 N–H and O–H groups in total. The Balaban J connectivity index is 1.78. The number of hydrogen-bond acceptors (Lipinski definition) is 4. The lowest BCUT2D eigenvalue weighted by molar-refractivity contribution is -0.126. The molecule has 0 radical (unpaired) electrons. The third-order valence-electron chi connectivity index (χ3n) is 4.30. The van der Waals surface area contributed by atoms with Crippen molar-refractivity contribution in [1.29, 1.82) is 0 Å². The van der Waals surface area contributed by atoms with Crippen LogP contribution in [0.15, 0.2) is 42.5 Å². The van der Waals surface area contributed by atoms with Crippen LogP contribution in [0.3, 0.4) is 0 Å². The third kappa shape index (κ3) is 1.33. The van der Waals surface area contributed by atoms with Crippen LogP contribution < -0.4 is 10.2 Å². The highest BCUT2D eigenvalue weighted by Gasteiger charge is 2.60. The Hall–Kier alpha value is -2.27. The molecule has 3 aliphatic heterocycles. The summed E-state index contributed by atoms with van der Waals surface area (Å²) < 4.78 is 0. The van der Waals surface area contributed by atoms with E-state index >= 15 is 0 Å². The van der Waals surface area contributed by atoms with E-state index in [0.29, 0.717) is 5.69 Å². The molecule has 4 rings (SSSR count). The molecule has 20 heavy (non-hydrogen) atoms. The van der Waals surface area contributed by atoms with Crippen LogP contribution in [0.5, 0.6) is 0 Å². The molecule has 2 bridgehead atoms. The average molecular weight is 268 g/mol. The van der Waals surface area contributed by atoms with Crippen LogP contribution in [-0.4, -0.2) is 29.7 Å². The summed E-state index contributed by atoms with van der Waals surface area (Å²) in [5, 5.41) is 3.07. The lowest BCUT2D eigenvalue weighted by atomic mass is 9.90. The molecular weight excluding hydrogens is 256 g/mol. The van der Waals surface area contributed by atoms with Gasteiger partial charge in [0.05, 0.1) is 23.6 Å². The summed E-state index contributed by atoms with van der Waals surface area (Å²) in [5.41, 5.74) is 0.575. The minimum Gasteiger partial charge on any atom is -0.299 e. The summed E-state index contributed by atoms with van der Waals surface area (Å²) >= 11 is 0. The molecule has 0 aliphatic carbocycles. The van der Waals surface area contributed by atoms with Crippen molar-refractivity contribution in [2.24, 2.45) is 11.8 Å². The summed E-state index contributed by atoms with van der Waals surface area (Å²) in [7, 11) is 0. The highest BCUT2D eigenvalue weighted by molar-refractivity contribution is 6.24. The van der Waals surface area contributed by atoms with Crippen LogP contribution in [0, 0.1) is 11.8 Å². The molecule has 4 atom stereocenters. The van der Waals surface area contributed by atoms with Gasteiger partial charge in [-0.05, 0) is 18.2 Å². The number of ketones is 1. The standard InChI is InChI=1S/C15H12N2O3/c18-10-7-6-9-11-12(13(10)16-9)15(20)17(14(11)19)8-4-2-1-3-5-8/h1-7,9,11-13,16H. The second-order valence-electron chi connectivity index (χ2n) is 5.33. The van der Waals surface area contributed by atoms with Crippen LogP contribution in [0.25, 0.3) is 0 Å². The summed E-state index contributed by atoms with van der Waals surface area (Å²) in [4.78, 5) is 38.2. The van der Waals surface area contributed by atoms with Crippen LogP contribution >= 0.6 is 0 Å². The number of carbonyl (C=O) groups excluding carboxylic acids is 3. The topological polar surface area (TPSA) is 66.5 Å². The minimum absolute atomic E-state index is 0.121. The van der Waals surface area contributed by atoms with Crippen LogP contribution in [0.4, 0.5) is 5.69 Å². The number of nitrogens with zero attached hydrogens (tertiary/aromatic N) is 1. The smallest absolute Gasteiger partial charge is 0.239 e. The van der Waals surface area contributed by atoms with Crippen LogP contribution in [0.2, 0.25) is 0 Å². The zero-order valence-electron chi connectivity index (χ0n) is 10.5. The molecule has 0 aromatic heterocycles. The van der Waals surface area contributed by atoms with Crippen LogP contribution in [0.1, 0.15) is 0 Å². The van der Waals surface area contributed by atoms with Gasteiger partial charge in [0.15, 0.2) is 5.78 Å². The van der Waals surface area contributed by atoms with Crippen molar-refractivity contribution in [3.8, 4) is 0 Å². The Morgan fingerprint density at radius 1 is 0.950 bits per heavy atom. The first-order valence-corrected chi connectivity index (χ1v) is 6.59. The monoisotopic (exact) mass is 268 g/mol. The SMILES string of the molecule is O=C1C=CC2NC1C1C(=O)N(c3ccccc3)C(=O)C21. The molecule has 100 valence electrons. The van der Waals surface area contributed by atoms with Gasteiger partial charge in [0.2, 0.25) is 11.8 Å². The van der Waals surface area contributed by atoms with E-state index in [2.05, 4.69) is 5.32 Å². The van der Waals surface area contributed by atoms with Crippen molar-refractivity contribution >= 4 is 23.3 Å². The maximum absolute atomic E-state index is 12.6. The Morgan fingerprint density at radius 3 is 2.40 bits per heavy atom. The Labute approximate surface area is 115 Å². The van der Waals surface area contributed by atoms with E-state index in [9.17, 15) is 14.4 Å². The lowest BCUT2D eigenvalue weighted by Crippen LogP contribution is -2.46. The highest BCUT2D eigenvalue weighted by Crippen LogP contribution is 2.41. The van der Waals surface area contributed by atoms with E-state index in [4.69, 9.17) is 0 Å². The predicted molar refractivity (Wildman–Crippen MR) is 70.8 cm³/mol. The number of rotatable bonds is 1. The fraction of sp³-hybridized carbons (Fsp3) is 0.267. The molecule has 0 spiro atoms. The quantitative estimate of drug-likeness (QED) is 0.743. The number of amides is 2. The third-order valence-corrected chi connectivity index (χ3v) is 4.30. The van der Waals surface area contributed by atoms with Gasteiger partial charge in [-0.2, -0.15) is 0 Å². The highest BCUT2D eigenvalue weighted by atomic mass is 16.2. The van der Waals surface area contributed by atoms with Gasteiger partial charge in [0.25, 0.3) is 0 Å². The van der Waals surface area contributed by atoms with Gasteiger partial charge in [-0.1, -0.05) is 24.3 Å². The molecule has 1 aromatic rings. The number of fused-ring (bicyclic) bond motifs is 5. The first-order chi connectivity index (χ1) is 9.68. The Bertz CT molecular complexity index is 652. The normalized spacial score (nSPS) is 34.8. The molecule has 4 unspecified atom stereocenters. The van der Waals surface area contributed by atoms with Gasteiger partial charge in [-0.3, -0.25) is 19.7 Å². The number of nitrogens with one attached hydrogen (secondary N) is 1. The van der Waals surface area contributed by atoms with Gasteiger partial charge in [0.1, 0.15) is 0 Å². The van der Waals surface area contributed by atoms with Gasteiger partial charge in [-0.15, -0.1) is 0 Å². The van der Waals surface area contributed by atoms with Gasteiger partial charge in [-0.25, -0.2) is 4.90 Å². The summed E-state index contributed by atoms with van der Waals surface area (Å²) in [6.07, 6.45) is 3.18. The number of benzene rings is 1. The van der Waals surface area contributed by atoms with E-state index in [1.807, 2.05) is 6.07 Å². The second-order valence-corrected chi connectivity index (χ2v) is 5.33. The zero-order chi connectivity index (χ0) is 13.9. The maximum atomic E-state index is 12.6. The van der Waals surface area contributed by atoms with Crippen molar-refractivity contribution in [2.45, 2.75) is 12.1 Å². The van der Waals surface area contributed by atoms with E-state index in [1.165, 1.54) is 11.0 Å². The predicted octanol–water partition coefficient (Wildman–Crippen LogP) is 0.271.